The van der Waals surface area contributed by atoms with Crippen LogP contribution in [0.15, 0.2) is 35.9 Å². The highest BCUT2D eigenvalue weighted by atomic mass is 16.5. The Hall–Kier alpha value is -1.70. The van der Waals surface area contributed by atoms with Gasteiger partial charge in [0.2, 0.25) is 0 Å². The molecule has 0 aromatic heterocycles. The highest BCUT2D eigenvalue weighted by molar-refractivity contribution is 5.52. The molecule has 114 valence electrons. The average Bonchev–Trinajstić information content (AvgIpc) is 2.45. The monoisotopic (exact) mass is 286 g/mol. The van der Waals surface area contributed by atoms with Gasteiger partial charge in [-0.25, -0.2) is 0 Å². The fraction of sp³-hybridized carbons (Fsp3) is 0.474. The van der Waals surface area contributed by atoms with Crippen LogP contribution in [0.1, 0.15) is 43.7 Å². The van der Waals surface area contributed by atoms with Crippen molar-refractivity contribution in [3.05, 3.63) is 47.1 Å². The molecule has 0 saturated carbocycles. The molecule has 0 fully saturated rings. The quantitative estimate of drug-likeness (QED) is 0.723. The minimum absolute atomic E-state index is 0.279. The first-order valence-electron chi connectivity index (χ1n) is 7.53. The van der Waals surface area contributed by atoms with Gasteiger partial charge < -0.3 is 9.47 Å². The molecule has 1 aromatic rings. The number of methoxy groups -OCH3 is 2. The number of rotatable bonds is 4. The summed E-state index contributed by atoms with van der Waals surface area (Å²) in [6.07, 6.45) is 4.64. The highest BCUT2D eigenvalue weighted by Gasteiger charge is 2.30. The molecule has 2 rings (SSSR count). The van der Waals surface area contributed by atoms with Gasteiger partial charge in [-0.3, -0.25) is 0 Å². The predicted molar refractivity (Wildman–Crippen MR) is 88.3 cm³/mol. The molecule has 21 heavy (non-hydrogen) atoms. The predicted octanol–water partition coefficient (Wildman–Crippen LogP) is 5.03. The second kappa shape index (κ2) is 6.38. The summed E-state index contributed by atoms with van der Waals surface area (Å²) in [4.78, 5) is 0. The van der Waals surface area contributed by atoms with Gasteiger partial charge in [0.15, 0.2) is 0 Å². The van der Waals surface area contributed by atoms with Crippen molar-refractivity contribution in [2.45, 2.75) is 39.5 Å². The second-order valence-corrected chi connectivity index (χ2v) is 6.11. The van der Waals surface area contributed by atoms with E-state index in [1.54, 1.807) is 14.2 Å². The second-order valence-electron chi connectivity index (χ2n) is 6.11. The fourth-order valence-corrected chi connectivity index (χ4v) is 3.30. The van der Waals surface area contributed by atoms with Gasteiger partial charge in [-0.2, -0.15) is 0 Å². The zero-order valence-corrected chi connectivity index (χ0v) is 13.8. The lowest BCUT2D eigenvalue weighted by molar-refractivity contribution is 0.368. The van der Waals surface area contributed by atoms with Gasteiger partial charge in [0.1, 0.15) is 11.5 Å². The zero-order valence-electron chi connectivity index (χ0n) is 13.8. The van der Waals surface area contributed by atoms with Gasteiger partial charge in [-0.15, -0.1) is 0 Å². The molecular weight excluding hydrogens is 260 g/mol. The third-order valence-corrected chi connectivity index (χ3v) is 4.40. The van der Waals surface area contributed by atoms with Gasteiger partial charge in [0, 0.05) is 11.5 Å². The number of allylic oxidation sites excluding steroid dienone is 3. The van der Waals surface area contributed by atoms with Crippen molar-refractivity contribution < 1.29 is 9.47 Å². The van der Waals surface area contributed by atoms with Crippen molar-refractivity contribution in [3.63, 3.8) is 0 Å². The lowest BCUT2D eigenvalue weighted by Gasteiger charge is -2.32. The van der Waals surface area contributed by atoms with Crippen LogP contribution in [0.2, 0.25) is 0 Å². The maximum atomic E-state index is 5.65. The number of hydrogen-bond acceptors (Lipinski definition) is 2. The lowest BCUT2D eigenvalue weighted by atomic mass is 9.73. The highest BCUT2D eigenvalue weighted by Crippen LogP contribution is 2.46. The number of benzene rings is 1. The summed E-state index contributed by atoms with van der Waals surface area (Å²) in [7, 11) is 3.46. The topological polar surface area (TPSA) is 18.5 Å². The van der Waals surface area contributed by atoms with Gasteiger partial charge >= 0.3 is 0 Å². The van der Waals surface area contributed by atoms with Gasteiger partial charge in [0.05, 0.1) is 14.2 Å². The summed E-state index contributed by atoms with van der Waals surface area (Å²) in [6.45, 7) is 10.6. The van der Waals surface area contributed by atoms with Crippen LogP contribution in [0.5, 0.6) is 11.5 Å². The van der Waals surface area contributed by atoms with E-state index in [0.717, 1.165) is 35.5 Å². The van der Waals surface area contributed by atoms with E-state index in [0.29, 0.717) is 5.92 Å². The third-order valence-electron chi connectivity index (χ3n) is 4.40. The molecule has 0 unspecified atom stereocenters. The average molecular weight is 286 g/mol. The molecule has 0 N–H and O–H groups in total. The van der Waals surface area contributed by atoms with Crippen LogP contribution < -0.4 is 9.47 Å². The molecule has 1 aliphatic rings. The molecule has 2 atom stereocenters. The van der Waals surface area contributed by atoms with E-state index in [9.17, 15) is 0 Å². The minimum atomic E-state index is 0.279. The molecule has 2 nitrogen and oxygen atoms in total. The summed E-state index contributed by atoms with van der Waals surface area (Å²) in [6, 6.07) is 4.18. The van der Waals surface area contributed by atoms with E-state index in [-0.39, 0.29) is 5.92 Å². The molecule has 0 aliphatic heterocycles. The Labute approximate surface area is 128 Å². The Balaban J connectivity index is 2.61. The maximum Gasteiger partial charge on any atom is 0.126 e. The smallest absolute Gasteiger partial charge is 0.126 e. The van der Waals surface area contributed by atoms with Crippen molar-refractivity contribution in [3.8, 4) is 11.5 Å². The van der Waals surface area contributed by atoms with Crippen LogP contribution in [-0.4, -0.2) is 14.2 Å². The van der Waals surface area contributed by atoms with E-state index in [2.05, 4.69) is 45.6 Å². The molecule has 0 heterocycles. The summed E-state index contributed by atoms with van der Waals surface area (Å²) >= 11 is 0. The zero-order chi connectivity index (χ0) is 15.6. The van der Waals surface area contributed by atoms with Crippen molar-refractivity contribution in [1.29, 1.82) is 0 Å². The van der Waals surface area contributed by atoms with Crippen LogP contribution in [0.25, 0.3) is 0 Å². The van der Waals surface area contributed by atoms with Crippen molar-refractivity contribution in [2.75, 3.05) is 14.2 Å². The Bertz CT molecular complexity index is 544. The first kappa shape index (κ1) is 15.7. The largest absolute Gasteiger partial charge is 0.496 e. The SMILES string of the molecule is C=C(C)[C@@H]1CCC(C)=C[C@H]1c1c(OC)cc(C)cc1OC. The Morgan fingerprint density at radius 2 is 1.71 bits per heavy atom. The van der Waals surface area contributed by atoms with Crippen LogP contribution in [0.4, 0.5) is 0 Å². The molecule has 0 radical (unpaired) electrons. The van der Waals surface area contributed by atoms with Crippen molar-refractivity contribution >= 4 is 0 Å². The van der Waals surface area contributed by atoms with Crippen LogP contribution in [0.3, 0.4) is 0 Å². The van der Waals surface area contributed by atoms with Crippen LogP contribution >= 0.6 is 0 Å². The van der Waals surface area contributed by atoms with Gasteiger partial charge in [-0.1, -0.05) is 23.8 Å². The standard InChI is InChI=1S/C19H26O2/c1-12(2)15-8-7-13(3)9-16(15)19-17(20-5)10-14(4)11-18(19)21-6/h9-11,15-16H,1,7-8H2,2-6H3/t15-,16+/m0/s1. The van der Waals surface area contributed by atoms with Crippen LogP contribution in [-0.2, 0) is 0 Å². The molecule has 2 heteroatoms. The summed E-state index contributed by atoms with van der Waals surface area (Å²) in [5, 5.41) is 0. The summed E-state index contributed by atoms with van der Waals surface area (Å²) < 4.78 is 11.3. The van der Waals surface area contributed by atoms with Crippen molar-refractivity contribution in [1.82, 2.24) is 0 Å². The first-order valence-corrected chi connectivity index (χ1v) is 7.53. The van der Waals surface area contributed by atoms with E-state index in [4.69, 9.17) is 9.47 Å². The molecule has 0 saturated heterocycles. The maximum absolute atomic E-state index is 5.65. The Morgan fingerprint density at radius 3 is 2.19 bits per heavy atom. The normalized spacial score (nSPS) is 21.7. The molecular formula is C19H26O2. The third kappa shape index (κ3) is 3.15. The lowest BCUT2D eigenvalue weighted by Crippen LogP contribution is -2.18. The fourth-order valence-electron chi connectivity index (χ4n) is 3.30. The van der Waals surface area contributed by atoms with Crippen molar-refractivity contribution in [2.24, 2.45) is 5.92 Å². The first-order chi connectivity index (χ1) is 9.97. The van der Waals surface area contributed by atoms with Gasteiger partial charge in [0.25, 0.3) is 0 Å². The Kier molecular flexibility index (Phi) is 4.76. The number of aryl methyl sites for hydroxylation is 1. The van der Waals surface area contributed by atoms with Gasteiger partial charge in [-0.05, 0) is 57.2 Å². The Morgan fingerprint density at radius 1 is 1.14 bits per heavy atom. The molecule has 1 aromatic carbocycles. The molecule has 1 aliphatic carbocycles. The van der Waals surface area contributed by atoms with E-state index < -0.39 is 0 Å². The number of ether oxygens (including phenoxy) is 2. The summed E-state index contributed by atoms with van der Waals surface area (Å²) in [5.74, 6) is 2.55. The summed E-state index contributed by atoms with van der Waals surface area (Å²) in [5.41, 5.74) is 4.96. The molecule has 0 spiro atoms. The van der Waals surface area contributed by atoms with Crippen LogP contribution in [0, 0.1) is 12.8 Å². The molecule has 0 bridgehead atoms. The van der Waals surface area contributed by atoms with E-state index >= 15 is 0 Å². The van der Waals surface area contributed by atoms with E-state index in [1.165, 1.54) is 11.1 Å². The van der Waals surface area contributed by atoms with E-state index in [1.807, 2.05) is 0 Å². The minimum Gasteiger partial charge on any atom is -0.496 e. The number of hydrogen-bond donors (Lipinski definition) is 0. The molecule has 0 amide bonds.